The van der Waals surface area contributed by atoms with E-state index in [0.717, 1.165) is 52.0 Å². The van der Waals surface area contributed by atoms with Crippen molar-refractivity contribution in [2.45, 2.75) is 38.3 Å². The SMILES string of the molecule is O=C(NCCCn1cncn1)N(CC1CCOC1)C1CC1. The predicted molar refractivity (Wildman–Crippen MR) is 76.7 cm³/mol. The molecule has 1 atom stereocenters. The van der Waals surface area contributed by atoms with E-state index in [9.17, 15) is 4.79 Å². The second kappa shape index (κ2) is 6.89. The molecule has 0 spiro atoms. The van der Waals surface area contributed by atoms with Gasteiger partial charge in [-0.1, -0.05) is 0 Å². The molecule has 0 aromatic carbocycles. The highest BCUT2D eigenvalue weighted by Gasteiger charge is 2.34. The van der Waals surface area contributed by atoms with E-state index in [-0.39, 0.29) is 6.03 Å². The van der Waals surface area contributed by atoms with Crippen LogP contribution in [-0.2, 0) is 11.3 Å². The van der Waals surface area contributed by atoms with Crippen molar-refractivity contribution < 1.29 is 9.53 Å². The Morgan fingerprint density at radius 3 is 3.00 bits per heavy atom. The van der Waals surface area contributed by atoms with Crippen molar-refractivity contribution in [2.24, 2.45) is 5.92 Å². The average Bonchev–Trinajstić information content (AvgIpc) is 2.99. The summed E-state index contributed by atoms with van der Waals surface area (Å²) in [5.74, 6) is 0.506. The molecular formula is C14H23N5O2. The molecule has 2 fully saturated rings. The van der Waals surface area contributed by atoms with Crippen LogP contribution in [0.15, 0.2) is 12.7 Å². The third-order valence-electron chi connectivity index (χ3n) is 4.03. The first-order chi connectivity index (χ1) is 10.3. The molecule has 1 aromatic heterocycles. The lowest BCUT2D eigenvalue weighted by Gasteiger charge is -2.25. The predicted octanol–water partition coefficient (Wildman–Crippen LogP) is 0.879. The molecule has 2 aliphatic rings. The van der Waals surface area contributed by atoms with Crippen LogP contribution in [0.5, 0.6) is 0 Å². The summed E-state index contributed by atoms with van der Waals surface area (Å²) < 4.78 is 7.18. The first-order valence-corrected chi connectivity index (χ1v) is 7.77. The van der Waals surface area contributed by atoms with Gasteiger partial charge >= 0.3 is 6.03 Å². The number of urea groups is 1. The molecule has 2 amide bonds. The van der Waals surface area contributed by atoms with Crippen LogP contribution in [0.3, 0.4) is 0 Å². The number of hydrogen-bond donors (Lipinski definition) is 1. The molecule has 21 heavy (non-hydrogen) atoms. The van der Waals surface area contributed by atoms with Crippen LogP contribution in [0.25, 0.3) is 0 Å². The zero-order valence-electron chi connectivity index (χ0n) is 12.3. The summed E-state index contributed by atoms with van der Waals surface area (Å²) in [5, 5.41) is 7.07. The minimum absolute atomic E-state index is 0.0722. The topological polar surface area (TPSA) is 72.3 Å². The monoisotopic (exact) mass is 293 g/mol. The quantitative estimate of drug-likeness (QED) is 0.757. The van der Waals surface area contributed by atoms with Gasteiger partial charge < -0.3 is 15.0 Å². The second-order valence-corrected chi connectivity index (χ2v) is 5.86. The van der Waals surface area contributed by atoms with E-state index < -0.39 is 0 Å². The lowest BCUT2D eigenvalue weighted by molar-refractivity contribution is 0.162. The van der Waals surface area contributed by atoms with Crippen LogP contribution in [0, 0.1) is 5.92 Å². The van der Waals surface area contributed by atoms with E-state index in [1.54, 1.807) is 11.0 Å². The van der Waals surface area contributed by atoms with Crippen molar-refractivity contribution >= 4 is 6.03 Å². The normalized spacial score (nSPS) is 21.4. The van der Waals surface area contributed by atoms with E-state index in [1.807, 2.05) is 4.90 Å². The minimum atomic E-state index is 0.0722. The highest BCUT2D eigenvalue weighted by molar-refractivity contribution is 5.74. The summed E-state index contributed by atoms with van der Waals surface area (Å²) in [6, 6.07) is 0.518. The number of nitrogens with one attached hydrogen (secondary N) is 1. The Morgan fingerprint density at radius 2 is 2.33 bits per heavy atom. The first-order valence-electron chi connectivity index (χ1n) is 7.77. The van der Waals surface area contributed by atoms with Crippen molar-refractivity contribution in [3.8, 4) is 0 Å². The Kier molecular flexibility index (Phi) is 4.69. The van der Waals surface area contributed by atoms with Crippen LogP contribution < -0.4 is 5.32 Å². The molecule has 3 rings (SSSR count). The maximum Gasteiger partial charge on any atom is 0.317 e. The molecule has 0 radical (unpaired) electrons. The molecule has 1 aromatic rings. The first kappa shape index (κ1) is 14.3. The Balaban J connectivity index is 1.39. The molecule has 1 unspecified atom stereocenters. The third kappa shape index (κ3) is 4.17. The third-order valence-corrected chi connectivity index (χ3v) is 4.03. The van der Waals surface area contributed by atoms with Crippen LogP contribution in [-0.4, -0.2) is 58.0 Å². The van der Waals surface area contributed by atoms with Gasteiger partial charge in [-0.25, -0.2) is 9.78 Å². The molecule has 1 saturated carbocycles. The highest BCUT2D eigenvalue weighted by Crippen LogP contribution is 2.28. The fraction of sp³-hybridized carbons (Fsp3) is 0.786. The number of carbonyl (C=O) groups is 1. The number of carbonyl (C=O) groups excluding carboxylic acids is 1. The smallest absolute Gasteiger partial charge is 0.317 e. The van der Waals surface area contributed by atoms with Crippen LogP contribution in [0.4, 0.5) is 4.79 Å². The summed E-state index contributed by atoms with van der Waals surface area (Å²) in [6.45, 7) is 3.91. The van der Waals surface area contributed by atoms with Gasteiger partial charge in [0.25, 0.3) is 0 Å². The average molecular weight is 293 g/mol. The van der Waals surface area contributed by atoms with Crippen molar-refractivity contribution in [1.82, 2.24) is 25.0 Å². The maximum atomic E-state index is 12.3. The number of aryl methyl sites for hydroxylation is 1. The van der Waals surface area contributed by atoms with Crippen molar-refractivity contribution in [3.05, 3.63) is 12.7 Å². The molecule has 7 nitrogen and oxygen atoms in total. The van der Waals surface area contributed by atoms with Gasteiger partial charge in [-0.2, -0.15) is 5.10 Å². The van der Waals surface area contributed by atoms with Crippen LogP contribution in [0.1, 0.15) is 25.7 Å². The highest BCUT2D eigenvalue weighted by atomic mass is 16.5. The summed E-state index contributed by atoms with van der Waals surface area (Å²) in [4.78, 5) is 18.2. The largest absolute Gasteiger partial charge is 0.381 e. The minimum Gasteiger partial charge on any atom is -0.381 e. The lowest BCUT2D eigenvalue weighted by atomic mass is 10.1. The van der Waals surface area contributed by atoms with E-state index in [2.05, 4.69) is 15.4 Å². The Hall–Kier alpha value is -1.63. The summed E-state index contributed by atoms with van der Waals surface area (Å²) in [6.07, 6.45) is 7.43. The van der Waals surface area contributed by atoms with Gasteiger partial charge in [0.15, 0.2) is 0 Å². The lowest BCUT2D eigenvalue weighted by Crippen LogP contribution is -2.44. The number of aromatic nitrogens is 3. The standard InChI is InChI=1S/C14H23N5O2/c20-14(16-5-1-6-18-11-15-10-17-18)19(13-2-3-13)8-12-4-7-21-9-12/h10-13H,1-9H2,(H,16,20). The van der Waals surface area contributed by atoms with Gasteiger partial charge in [0.2, 0.25) is 0 Å². The van der Waals surface area contributed by atoms with E-state index in [4.69, 9.17) is 4.74 Å². The Bertz CT molecular complexity index is 440. The molecule has 0 bridgehead atoms. The van der Waals surface area contributed by atoms with Crippen molar-refractivity contribution in [1.29, 1.82) is 0 Å². The Labute approximate surface area is 124 Å². The molecule has 1 saturated heterocycles. The van der Waals surface area contributed by atoms with Gasteiger partial charge in [-0.3, -0.25) is 4.68 Å². The van der Waals surface area contributed by atoms with Gasteiger partial charge in [0.1, 0.15) is 12.7 Å². The van der Waals surface area contributed by atoms with Gasteiger partial charge in [-0.05, 0) is 25.7 Å². The molecule has 1 aliphatic carbocycles. The van der Waals surface area contributed by atoms with Crippen molar-refractivity contribution in [2.75, 3.05) is 26.3 Å². The van der Waals surface area contributed by atoms with Crippen molar-refractivity contribution in [3.63, 3.8) is 0 Å². The van der Waals surface area contributed by atoms with Crippen LogP contribution >= 0.6 is 0 Å². The zero-order valence-corrected chi connectivity index (χ0v) is 12.3. The van der Waals surface area contributed by atoms with Gasteiger partial charge in [0, 0.05) is 38.2 Å². The molecule has 1 N–H and O–H groups in total. The van der Waals surface area contributed by atoms with Gasteiger partial charge in [-0.15, -0.1) is 0 Å². The van der Waals surface area contributed by atoms with E-state index >= 15 is 0 Å². The zero-order chi connectivity index (χ0) is 14.5. The Morgan fingerprint density at radius 1 is 1.43 bits per heavy atom. The second-order valence-electron chi connectivity index (χ2n) is 5.86. The number of amides is 2. The fourth-order valence-electron chi connectivity index (χ4n) is 2.68. The van der Waals surface area contributed by atoms with Gasteiger partial charge in [0.05, 0.1) is 6.61 Å². The number of rotatable bonds is 7. The number of hydrogen-bond acceptors (Lipinski definition) is 4. The van der Waals surface area contributed by atoms with E-state index in [0.29, 0.717) is 18.5 Å². The molecule has 116 valence electrons. The summed E-state index contributed by atoms with van der Waals surface area (Å²) in [7, 11) is 0. The number of nitrogens with zero attached hydrogens (tertiary/aromatic N) is 4. The molecule has 2 heterocycles. The summed E-state index contributed by atoms with van der Waals surface area (Å²) in [5.41, 5.74) is 0. The maximum absolute atomic E-state index is 12.3. The molecular weight excluding hydrogens is 270 g/mol. The fourth-order valence-corrected chi connectivity index (χ4v) is 2.68. The number of ether oxygens (including phenoxy) is 1. The molecule has 1 aliphatic heterocycles. The van der Waals surface area contributed by atoms with E-state index in [1.165, 1.54) is 6.33 Å². The molecule has 7 heteroatoms. The summed E-state index contributed by atoms with van der Waals surface area (Å²) >= 11 is 0. The van der Waals surface area contributed by atoms with Crippen LogP contribution in [0.2, 0.25) is 0 Å².